The zero-order valence-electron chi connectivity index (χ0n) is 21.0. The topological polar surface area (TPSA) is 53.3 Å². The highest BCUT2D eigenvalue weighted by atomic mass is 19.4. The molecule has 10 heteroatoms. The van der Waals surface area contributed by atoms with Gasteiger partial charge in [0.2, 0.25) is 0 Å². The molecular formula is C27H30F3N5O2. The Labute approximate surface area is 213 Å². The van der Waals surface area contributed by atoms with E-state index in [1.54, 1.807) is 12.3 Å². The first-order valence-electron chi connectivity index (χ1n) is 12.6. The number of hydrogen-bond acceptors (Lipinski definition) is 5. The highest BCUT2D eigenvalue weighted by Gasteiger charge is 2.44. The summed E-state index contributed by atoms with van der Waals surface area (Å²) in [5.74, 6) is -0.373. The normalized spacial score (nSPS) is 19.9. The van der Waals surface area contributed by atoms with Crippen LogP contribution in [0.15, 0.2) is 36.7 Å². The molecule has 0 saturated carbocycles. The molecule has 7 nitrogen and oxygen atoms in total. The fourth-order valence-electron chi connectivity index (χ4n) is 6.04. The Morgan fingerprint density at radius 2 is 1.86 bits per heavy atom. The molecule has 2 aromatic heterocycles. The smallest absolute Gasteiger partial charge is 0.406 e. The van der Waals surface area contributed by atoms with Crippen LogP contribution < -0.4 is 9.64 Å². The van der Waals surface area contributed by atoms with Crippen LogP contribution in [-0.2, 0) is 6.42 Å². The van der Waals surface area contributed by atoms with Crippen LogP contribution >= 0.6 is 0 Å². The second kappa shape index (κ2) is 8.65. The summed E-state index contributed by atoms with van der Waals surface area (Å²) in [5.41, 5.74) is 4.96. The van der Waals surface area contributed by atoms with E-state index >= 15 is 0 Å². The van der Waals surface area contributed by atoms with Crippen molar-refractivity contribution in [3.05, 3.63) is 47.8 Å². The highest BCUT2D eigenvalue weighted by molar-refractivity contribution is 6.00. The Hall–Kier alpha value is -3.27. The summed E-state index contributed by atoms with van der Waals surface area (Å²) >= 11 is 0. The summed E-state index contributed by atoms with van der Waals surface area (Å²) in [4.78, 5) is 23.2. The molecule has 0 aliphatic carbocycles. The van der Waals surface area contributed by atoms with Gasteiger partial charge in [-0.3, -0.25) is 9.20 Å². The molecule has 6 rings (SSSR count). The molecule has 0 bridgehead atoms. The van der Waals surface area contributed by atoms with Crippen molar-refractivity contribution >= 4 is 17.2 Å². The summed E-state index contributed by atoms with van der Waals surface area (Å²) in [6.45, 7) is 3.22. The first kappa shape index (κ1) is 24.1. The van der Waals surface area contributed by atoms with E-state index in [-0.39, 0.29) is 17.9 Å². The van der Waals surface area contributed by atoms with Crippen LogP contribution in [0.5, 0.6) is 5.75 Å². The van der Waals surface area contributed by atoms with Crippen molar-refractivity contribution < 1.29 is 22.7 Å². The van der Waals surface area contributed by atoms with E-state index in [9.17, 15) is 18.0 Å². The van der Waals surface area contributed by atoms with Gasteiger partial charge in [-0.1, -0.05) is 0 Å². The number of methoxy groups -OCH3 is 1. The molecule has 2 saturated heterocycles. The maximum atomic E-state index is 12.9. The summed E-state index contributed by atoms with van der Waals surface area (Å²) in [6.07, 6.45) is 2.16. The van der Waals surface area contributed by atoms with Gasteiger partial charge >= 0.3 is 6.18 Å². The molecule has 0 atom stereocenters. The van der Waals surface area contributed by atoms with Crippen molar-refractivity contribution in [1.82, 2.24) is 19.2 Å². The minimum absolute atomic E-state index is 0.0159. The molecule has 0 radical (unpaired) electrons. The number of fused-ring (bicyclic) bond motifs is 2. The number of ether oxygens (including phenoxy) is 1. The van der Waals surface area contributed by atoms with Gasteiger partial charge in [-0.2, -0.15) is 13.2 Å². The van der Waals surface area contributed by atoms with Crippen molar-refractivity contribution in [1.29, 1.82) is 0 Å². The number of likely N-dealkylation sites (tertiary alicyclic amines) is 1. The summed E-state index contributed by atoms with van der Waals surface area (Å²) in [5, 5.41) is 0. The van der Waals surface area contributed by atoms with Gasteiger partial charge in [-0.05, 0) is 63.2 Å². The number of carbonyl (C=O) groups excluding carboxylic acids is 1. The monoisotopic (exact) mass is 513 g/mol. The quantitative estimate of drug-likeness (QED) is 0.526. The zero-order valence-corrected chi connectivity index (χ0v) is 21.0. The molecule has 37 heavy (non-hydrogen) atoms. The van der Waals surface area contributed by atoms with Gasteiger partial charge in [0.1, 0.15) is 17.9 Å². The van der Waals surface area contributed by atoms with Gasteiger partial charge in [-0.25, -0.2) is 4.98 Å². The zero-order chi connectivity index (χ0) is 25.9. The molecule has 1 aromatic carbocycles. The number of piperidine rings is 1. The standard InChI is InChI=1S/C27H30F3N5O2/c1-32-9-5-26(6-10-32)15-34(16-26)20-4-8-35-21(14-31-23(35)13-20)19-11-18-3-7-33(17-27(28,29)30)25(36)24(18)22(12-19)37-2/h4,8,11-14H,3,5-7,9-10,15-17H2,1-2H3. The predicted molar refractivity (Wildman–Crippen MR) is 134 cm³/mol. The van der Waals surface area contributed by atoms with Crippen LogP contribution in [0.1, 0.15) is 28.8 Å². The molecule has 1 spiro atoms. The maximum absolute atomic E-state index is 12.9. The number of imidazole rings is 1. The van der Waals surface area contributed by atoms with Gasteiger partial charge in [-0.15, -0.1) is 0 Å². The summed E-state index contributed by atoms with van der Waals surface area (Å²) in [7, 11) is 3.62. The SMILES string of the molecule is COc1cc(-c2cnc3cc(N4CC5(CCN(C)CC5)C4)ccn23)cc2c1C(=O)N(CC(F)(F)F)CC2. The van der Waals surface area contributed by atoms with Crippen LogP contribution in [-0.4, -0.2) is 84.7 Å². The largest absolute Gasteiger partial charge is 0.496 e. The number of halogens is 3. The Balaban J connectivity index is 1.26. The second-order valence-corrected chi connectivity index (χ2v) is 10.7. The van der Waals surface area contributed by atoms with Gasteiger partial charge in [0.05, 0.1) is 24.6 Å². The molecule has 3 aromatic rings. The van der Waals surface area contributed by atoms with E-state index in [2.05, 4.69) is 34.0 Å². The fourth-order valence-corrected chi connectivity index (χ4v) is 6.04. The molecule has 2 fully saturated rings. The van der Waals surface area contributed by atoms with E-state index in [1.807, 2.05) is 16.7 Å². The van der Waals surface area contributed by atoms with Gasteiger partial charge in [0, 0.05) is 48.6 Å². The lowest BCUT2D eigenvalue weighted by atomic mass is 9.72. The van der Waals surface area contributed by atoms with E-state index in [1.165, 1.54) is 20.0 Å². The van der Waals surface area contributed by atoms with Crippen molar-refractivity contribution in [2.45, 2.75) is 25.4 Å². The van der Waals surface area contributed by atoms with Crippen LogP contribution in [0.4, 0.5) is 18.9 Å². The number of carbonyl (C=O) groups is 1. The van der Waals surface area contributed by atoms with E-state index in [0.29, 0.717) is 17.4 Å². The minimum Gasteiger partial charge on any atom is -0.496 e. The van der Waals surface area contributed by atoms with Crippen molar-refractivity contribution in [3.63, 3.8) is 0 Å². The summed E-state index contributed by atoms with van der Waals surface area (Å²) < 4.78 is 46.3. The third-order valence-electron chi connectivity index (χ3n) is 8.18. The molecule has 3 aliphatic heterocycles. The number of amides is 1. The van der Waals surface area contributed by atoms with Crippen LogP contribution in [0.25, 0.3) is 16.9 Å². The number of hydrogen-bond donors (Lipinski definition) is 0. The second-order valence-electron chi connectivity index (χ2n) is 10.7. The van der Waals surface area contributed by atoms with E-state index in [4.69, 9.17) is 4.74 Å². The van der Waals surface area contributed by atoms with Crippen LogP contribution in [0.2, 0.25) is 0 Å². The summed E-state index contributed by atoms with van der Waals surface area (Å²) in [6, 6.07) is 7.79. The molecule has 1 amide bonds. The number of pyridine rings is 1. The first-order valence-corrected chi connectivity index (χ1v) is 12.6. The number of alkyl halides is 3. The van der Waals surface area contributed by atoms with Crippen molar-refractivity contribution in [2.24, 2.45) is 5.41 Å². The lowest BCUT2D eigenvalue weighted by Gasteiger charge is -2.54. The number of aromatic nitrogens is 2. The fraction of sp³-hybridized carbons (Fsp3) is 0.481. The average molecular weight is 514 g/mol. The van der Waals surface area contributed by atoms with E-state index < -0.39 is 18.6 Å². The minimum atomic E-state index is -4.44. The third kappa shape index (κ3) is 4.31. The molecular weight excluding hydrogens is 483 g/mol. The Kier molecular flexibility index (Phi) is 5.63. The number of rotatable bonds is 4. The Morgan fingerprint density at radius 1 is 1.11 bits per heavy atom. The molecule has 3 aliphatic rings. The highest BCUT2D eigenvalue weighted by Crippen LogP contribution is 2.43. The average Bonchev–Trinajstić information content (AvgIpc) is 3.27. The third-order valence-corrected chi connectivity index (χ3v) is 8.18. The molecule has 5 heterocycles. The lowest BCUT2D eigenvalue weighted by Crippen LogP contribution is -2.60. The molecule has 0 unspecified atom stereocenters. The van der Waals surface area contributed by atoms with Crippen molar-refractivity contribution in [3.8, 4) is 17.0 Å². The van der Waals surface area contributed by atoms with Crippen LogP contribution in [0, 0.1) is 5.41 Å². The first-order chi connectivity index (χ1) is 17.6. The number of nitrogens with zero attached hydrogens (tertiary/aromatic N) is 5. The number of anilines is 1. The molecule has 196 valence electrons. The maximum Gasteiger partial charge on any atom is 0.406 e. The van der Waals surface area contributed by atoms with Crippen molar-refractivity contribution in [2.75, 3.05) is 58.3 Å². The Morgan fingerprint density at radius 3 is 2.57 bits per heavy atom. The van der Waals surface area contributed by atoms with Gasteiger partial charge < -0.3 is 19.4 Å². The number of benzene rings is 1. The lowest BCUT2D eigenvalue weighted by molar-refractivity contribution is -0.141. The van der Waals surface area contributed by atoms with Gasteiger partial charge in [0.15, 0.2) is 0 Å². The molecule has 0 N–H and O–H groups in total. The van der Waals surface area contributed by atoms with Crippen LogP contribution in [0.3, 0.4) is 0 Å². The Bertz CT molecular complexity index is 1330. The predicted octanol–water partition coefficient (Wildman–Crippen LogP) is 4.10. The van der Waals surface area contributed by atoms with Gasteiger partial charge in [0.25, 0.3) is 5.91 Å². The van der Waals surface area contributed by atoms with E-state index in [0.717, 1.165) is 53.7 Å².